The quantitative estimate of drug-likeness (QED) is 0.772. The predicted octanol–water partition coefficient (Wildman–Crippen LogP) is 2.04. The fourth-order valence-electron chi connectivity index (χ4n) is 1.40. The highest BCUT2D eigenvalue weighted by atomic mass is 15.2. The Morgan fingerprint density at radius 2 is 2.07 bits per heavy atom. The smallest absolute Gasteiger partial charge is 0.147 e. The first-order valence-electron chi connectivity index (χ1n) is 4.64. The molecular formula is C11H13N3. The molecule has 0 unspecified atom stereocenters. The summed E-state index contributed by atoms with van der Waals surface area (Å²) in [5.74, 6) is 0.885. The van der Waals surface area contributed by atoms with E-state index in [1.165, 1.54) is 5.56 Å². The molecule has 72 valence electrons. The molecular weight excluding hydrogens is 174 g/mol. The van der Waals surface area contributed by atoms with Gasteiger partial charge in [0, 0.05) is 25.2 Å². The van der Waals surface area contributed by atoms with E-state index in [0.717, 1.165) is 17.9 Å². The monoisotopic (exact) mass is 187 g/mol. The van der Waals surface area contributed by atoms with E-state index in [-0.39, 0.29) is 0 Å². The number of anilines is 1. The Balaban J connectivity index is 2.11. The van der Waals surface area contributed by atoms with E-state index in [4.69, 9.17) is 0 Å². The molecule has 0 aliphatic rings. The van der Waals surface area contributed by atoms with Crippen LogP contribution in [0.2, 0.25) is 0 Å². The summed E-state index contributed by atoms with van der Waals surface area (Å²) in [6.07, 6.45) is 0.898. The van der Waals surface area contributed by atoms with Gasteiger partial charge in [-0.2, -0.15) is 5.10 Å². The zero-order chi connectivity index (χ0) is 9.80. The molecule has 0 radical (unpaired) electrons. The van der Waals surface area contributed by atoms with Gasteiger partial charge >= 0.3 is 0 Å². The van der Waals surface area contributed by atoms with Crippen molar-refractivity contribution in [2.75, 3.05) is 12.4 Å². The Hall–Kier alpha value is -1.77. The van der Waals surface area contributed by atoms with E-state index >= 15 is 0 Å². The number of benzene rings is 1. The van der Waals surface area contributed by atoms with E-state index in [0.29, 0.717) is 0 Å². The molecule has 2 aromatic rings. The lowest BCUT2D eigenvalue weighted by atomic mass is 10.1. The molecule has 0 atom stereocenters. The highest BCUT2D eigenvalue weighted by Crippen LogP contribution is 2.09. The van der Waals surface area contributed by atoms with Crippen LogP contribution in [0.25, 0.3) is 0 Å². The molecule has 14 heavy (non-hydrogen) atoms. The number of nitrogens with zero attached hydrogens (tertiary/aromatic N) is 1. The number of nitrogens with one attached hydrogen (secondary N) is 2. The van der Waals surface area contributed by atoms with E-state index in [2.05, 4.69) is 27.6 Å². The maximum absolute atomic E-state index is 4.09. The van der Waals surface area contributed by atoms with Crippen molar-refractivity contribution in [2.24, 2.45) is 0 Å². The first-order valence-corrected chi connectivity index (χ1v) is 4.64. The van der Waals surface area contributed by atoms with E-state index < -0.39 is 0 Å². The molecule has 0 amide bonds. The number of aromatic amines is 1. The third kappa shape index (κ3) is 1.93. The van der Waals surface area contributed by atoms with Gasteiger partial charge in [-0.1, -0.05) is 30.3 Å². The summed E-state index contributed by atoms with van der Waals surface area (Å²) < 4.78 is 0. The minimum atomic E-state index is 0.885. The average Bonchev–Trinajstić information content (AvgIpc) is 2.67. The Morgan fingerprint density at radius 1 is 1.29 bits per heavy atom. The molecule has 2 N–H and O–H groups in total. The normalized spacial score (nSPS) is 10.1. The van der Waals surface area contributed by atoms with Crippen LogP contribution in [0.1, 0.15) is 11.3 Å². The largest absolute Gasteiger partial charge is 0.372 e. The first-order chi connectivity index (χ1) is 6.88. The second-order valence-corrected chi connectivity index (χ2v) is 3.19. The van der Waals surface area contributed by atoms with Crippen LogP contribution in [0.4, 0.5) is 5.82 Å². The number of hydrogen-bond acceptors (Lipinski definition) is 2. The fourth-order valence-corrected chi connectivity index (χ4v) is 1.40. The number of rotatable bonds is 3. The third-order valence-corrected chi connectivity index (χ3v) is 2.12. The lowest BCUT2D eigenvalue weighted by Gasteiger charge is -1.96. The highest BCUT2D eigenvalue weighted by molar-refractivity contribution is 5.36. The van der Waals surface area contributed by atoms with Crippen molar-refractivity contribution in [1.29, 1.82) is 0 Å². The van der Waals surface area contributed by atoms with E-state index in [9.17, 15) is 0 Å². The van der Waals surface area contributed by atoms with Crippen LogP contribution in [-0.2, 0) is 6.42 Å². The zero-order valence-corrected chi connectivity index (χ0v) is 8.12. The maximum atomic E-state index is 4.09. The van der Waals surface area contributed by atoms with Gasteiger partial charge in [-0.05, 0) is 5.56 Å². The van der Waals surface area contributed by atoms with Gasteiger partial charge in [0.05, 0.1) is 0 Å². The van der Waals surface area contributed by atoms with Crippen molar-refractivity contribution >= 4 is 5.82 Å². The maximum Gasteiger partial charge on any atom is 0.147 e. The topological polar surface area (TPSA) is 40.7 Å². The van der Waals surface area contributed by atoms with Crippen molar-refractivity contribution in [2.45, 2.75) is 6.42 Å². The minimum absolute atomic E-state index is 0.885. The summed E-state index contributed by atoms with van der Waals surface area (Å²) in [5.41, 5.74) is 2.42. The summed E-state index contributed by atoms with van der Waals surface area (Å²) in [4.78, 5) is 0. The van der Waals surface area contributed by atoms with Crippen molar-refractivity contribution in [3.05, 3.63) is 47.7 Å². The number of hydrogen-bond donors (Lipinski definition) is 2. The van der Waals surface area contributed by atoms with E-state index in [1.807, 2.05) is 31.3 Å². The molecule has 1 aromatic carbocycles. The van der Waals surface area contributed by atoms with E-state index in [1.54, 1.807) is 0 Å². The lowest BCUT2D eigenvalue weighted by molar-refractivity contribution is 0.997. The van der Waals surface area contributed by atoms with Gasteiger partial charge in [-0.25, -0.2) is 0 Å². The molecule has 1 heterocycles. The second kappa shape index (κ2) is 3.96. The van der Waals surface area contributed by atoms with Gasteiger partial charge < -0.3 is 5.32 Å². The molecule has 0 saturated carbocycles. The van der Waals surface area contributed by atoms with Gasteiger partial charge in [0.1, 0.15) is 5.82 Å². The van der Waals surface area contributed by atoms with Crippen LogP contribution in [0, 0.1) is 0 Å². The summed E-state index contributed by atoms with van der Waals surface area (Å²) >= 11 is 0. The van der Waals surface area contributed by atoms with Crippen molar-refractivity contribution in [1.82, 2.24) is 10.2 Å². The van der Waals surface area contributed by atoms with Gasteiger partial charge in [0.25, 0.3) is 0 Å². The Kier molecular flexibility index (Phi) is 2.49. The molecule has 0 bridgehead atoms. The van der Waals surface area contributed by atoms with Crippen LogP contribution in [0.5, 0.6) is 0 Å². The molecule has 3 nitrogen and oxygen atoms in total. The van der Waals surface area contributed by atoms with Gasteiger partial charge in [-0.3, -0.25) is 5.10 Å². The molecule has 0 saturated heterocycles. The van der Waals surface area contributed by atoms with Gasteiger partial charge in [-0.15, -0.1) is 0 Å². The fraction of sp³-hybridized carbons (Fsp3) is 0.182. The van der Waals surface area contributed by atoms with Crippen molar-refractivity contribution in [3.63, 3.8) is 0 Å². The summed E-state index contributed by atoms with van der Waals surface area (Å²) in [7, 11) is 1.86. The first kappa shape index (κ1) is 8.81. The molecule has 3 heteroatoms. The second-order valence-electron chi connectivity index (χ2n) is 3.19. The molecule has 2 rings (SSSR count). The van der Waals surface area contributed by atoms with Gasteiger partial charge in [0.2, 0.25) is 0 Å². The van der Waals surface area contributed by atoms with Crippen LogP contribution < -0.4 is 5.32 Å². The summed E-state index contributed by atoms with van der Waals surface area (Å²) in [5, 5.41) is 10.1. The Bertz CT molecular complexity index is 392. The van der Waals surface area contributed by atoms with Crippen LogP contribution >= 0.6 is 0 Å². The predicted molar refractivity (Wildman–Crippen MR) is 57.4 cm³/mol. The summed E-state index contributed by atoms with van der Waals surface area (Å²) in [6, 6.07) is 12.4. The van der Waals surface area contributed by atoms with Crippen molar-refractivity contribution in [3.8, 4) is 0 Å². The molecule has 0 aliphatic carbocycles. The molecule has 0 aliphatic heterocycles. The average molecular weight is 187 g/mol. The molecule has 0 spiro atoms. The molecule has 0 fully saturated rings. The van der Waals surface area contributed by atoms with Crippen molar-refractivity contribution < 1.29 is 0 Å². The lowest BCUT2D eigenvalue weighted by Crippen LogP contribution is -1.87. The SMILES string of the molecule is CNc1cc(Cc2ccccc2)[nH]n1. The standard InChI is InChI=1S/C11H13N3/c1-12-11-8-10(13-14-11)7-9-5-3-2-4-6-9/h2-6,8H,7H2,1H3,(H2,12,13,14). The van der Waals surface area contributed by atoms with Crippen LogP contribution in [0.15, 0.2) is 36.4 Å². The Morgan fingerprint density at radius 3 is 2.71 bits per heavy atom. The number of H-pyrrole nitrogens is 1. The van der Waals surface area contributed by atoms with Gasteiger partial charge in [0.15, 0.2) is 0 Å². The Labute approximate surface area is 83.2 Å². The highest BCUT2D eigenvalue weighted by Gasteiger charge is 1.99. The summed E-state index contributed by atoms with van der Waals surface area (Å²) in [6.45, 7) is 0. The molecule has 1 aromatic heterocycles. The van der Waals surface area contributed by atoms with Crippen LogP contribution in [-0.4, -0.2) is 17.2 Å². The minimum Gasteiger partial charge on any atom is -0.372 e. The zero-order valence-electron chi connectivity index (χ0n) is 8.12. The number of aromatic nitrogens is 2. The third-order valence-electron chi connectivity index (χ3n) is 2.12. The van der Waals surface area contributed by atoms with Crippen LogP contribution in [0.3, 0.4) is 0 Å².